The quantitative estimate of drug-likeness (QED) is 0.829. The topological polar surface area (TPSA) is 66.9 Å². The van der Waals surface area contributed by atoms with Gasteiger partial charge in [-0.25, -0.2) is 14.4 Å². The normalized spacial score (nSPS) is 14.8. The van der Waals surface area contributed by atoms with Gasteiger partial charge in [0, 0.05) is 18.7 Å². The Morgan fingerprint density at radius 1 is 1.19 bits per heavy atom. The minimum Gasteiger partial charge on any atom is -0.370 e. The maximum Gasteiger partial charge on any atom is 0.270 e. The smallest absolute Gasteiger partial charge is 0.270 e. The average molecular weight is 356 g/mol. The van der Waals surface area contributed by atoms with Gasteiger partial charge in [-0.15, -0.1) is 0 Å². The molecule has 2 aromatic rings. The summed E-state index contributed by atoms with van der Waals surface area (Å²) in [6.45, 7) is 2.29. The number of anilines is 1. The molecule has 2 N–H and O–H groups in total. The summed E-state index contributed by atoms with van der Waals surface area (Å²) in [6.07, 6.45) is 6.18. The van der Waals surface area contributed by atoms with Crippen molar-refractivity contribution in [3.8, 4) is 0 Å². The highest BCUT2D eigenvalue weighted by Gasteiger charge is 2.18. The molecule has 6 heteroatoms. The molecule has 3 rings (SSSR count). The van der Waals surface area contributed by atoms with Crippen LogP contribution in [0.2, 0.25) is 0 Å². The second-order valence-electron chi connectivity index (χ2n) is 6.76. The van der Waals surface area contributed by atoms with Crippen molar-refractivity contribution < 1.29 is 9.18 Å². The molecule has 138 valence electrons. The van der Waals surface area contributed by atoms with E-state index in [4.69, 9.17) is 0 Å². The molecule has 0 atom stereocenters. The summed E-state index contributed by atoms with van der Waals surface area (Å²) in [4.78, 5) is 21.1. The molecule has 1 fully saturated rings. The van der Waals surface area contributed by atoms with Crippen molar-refractivity contribution in [2.75, 3.05) is 11.9 Å². The Morgan fingerprint density at radius 2 is 1.96 bits per heavy atom. The monoisotopic (exact) mass is 356 g/mol. The van der Waals surface area contributed by atoms with Crippen LogP contribution in [0.25, 0.3) is 0 Å². The van der Waals surface area contributed by atoms with E-state index < -0.39 is 0 Å². The van der Waals surface area contributed by atoms with Crippen LogP contribution in [0.5, 0.6) is 0 Å². The lowest BCUT2D eigenvalue weighted by Crippen LogP contribution is -2.36. The highest BCUT2D eigenvalue weighted by molar-refractivity contribution is 5.93. The molecule has 0 aliphatic heterocycles. The van der Waals surface area contributed by atoms with E-state index in [0.717, 1.165) is 25.7 Å². The third-order valence-corrected chi connectivity index (χ3v) is 4.67. The third-order valence-electron chi connectivity index (χ3n) is 4.67. The van der Waals surface area contributed by atoms with Crippen LogP contribution in [0.3, 0.4) is 0 Å². The van der Waals surface area contributed by atoms with Gasteiger partial charge in [0.15, 0.2) is 0 Å². The maximum absolute atomic E-state index is 13.7. The lowest BCUT2D eigenvalue weighted by Gasteiger charge is -2.22. The number of hydrogen-bond donors (Lipinski definition) is 2. The van der Waals surface area contributed by atoms with Crippen LogP contribution < -0.4 is 10.6 Å². The number of aryl methyl sites for hydroxylation is 1. The van der Waals surface area contributed by atoms with Gasteiger partial charge in [0.2, 0.25) is 0 Å². The fourth-order valence-electron chi connectivity index (χ4n) is 3.31. The molecule has 1 amide bonds. The lowest BCUT2D eigenvalue weighted by atomic mass is 9.95. The van der Waals surface area contributed by atoms with E-state index in [1.165, 1.54) is 12.5 Å². The summed E-state index contributed by atoms with van der Waals surface area (Å²) in [7, 11) is 0. The van der Waals surface area contributed by atoms with Crippen molar-refractivity contribution in [3.63, 3.8) is 0 Å². The van der Waals surface area contributed by atoms with Gasteiger partial charge < -0.3 is 10.6 Å². The van der Waals surface area contributed by atoms with Crippen LogP contribution in [0, 0.1) is 12.7 Å². The van der Waals surface area contributed by atoms with E-state index in [2.05, 4.69) is 20.6 Å². The highest BCUT2D eigenvalue weighted by atomic mass is 19.1. The fraction of sp³-hybridized carbons (Fsp3) is 0.450. The zero-order chi connectivity index (χ0) is 18.4. The van der Waals surface area contributed by atoms with Crippen molar-refractivity contribution in [1.82, 2.24) is 15.3 Å². The largest absolute Gasteiger partial charge is 0.370 e. The third kappa shape index (κ3) is 5.00. The van der Waals surface area contributed by atoms with Crippen LogP contribution in [-0.2, 0) is 6.42 Å². The molecule has 26 heavy (non-hydrogen) atoms. The summed E-state index contributed by atoms with van der Waals surface area (Å²) in [6, 6.07) is 8.62. The molecule has 5 nitrogen and oxygen atoms in total. The summed E-state index contributed by atoms with van der Waals surface area (Å²) in [5.74, 6) is 0.762. The van der Waals surface area contributed by atoms with E-state index in [1.807, 2.05) is 6.07 Å². The van der Waals surface area contributed by atoms with E-state index in [9.17, 15) is 9.18 Å². The summed E-state index contributed by atoms with van der Waals surface area (Å²) >= 11 is 0. The SMILES string of the molecule is Cc1nc(NCCc2ccccc2F)cc(C(=O)NC2CCCCC2)n1. The second-order valence-corrected chi connectivity index (χ2v) is 6.76. The van der Waals surface area contributed by atoms with Crippen LogP contribution in [0.4, 0.5) is 10.2 Å². The first-order valence-corrected chi connectivity index (χ1v) is 9.25. The number of aromatic nitrogens is 2. The Hall–Kier alpha value is -2.50. The van der Waals surface area contributed by atoms with Crippen LogP contribution in [0.15, 0.2) is 30.3 Å². The van der Waals surface area contributed by atoms with Gasteiger partial charge in [-0.3, -0.25) is 4.79 Å². The van der Waals surface area contributed by atoms with Crippen molar-refractivity contribution in [3.05, 3.63) is 53.2 Å². The van der Waals surface area contributed by atoms with Crippen LogP contribution >= 0.6 is 0 Å². The highest BCUT2D eigenvalue weighted by Crippen LogP contribution is 2.18. The molecule has 0 bridgehead atoms. The predicted octanol–water partition coefficient (Wildman–Crippen LogP) is 3.64. The minimum absolute atomic E-state index is 0.153. The van der Waals surface area contributed by atoms with Gasteiger partial charge in [0.25, 0.3) is 5.91 Å². The molecular weight excluding hydrogens is 331 g/mol. The first kappa shape index (κ1) is 18.3. The summed E-state index contributed by atoms with van der Waals surface area (Å²) < 4.78 is 13.7. The molecule has 1 aliphatic carbocycles. The fourth-order valence-corrected chi connectivity index (χ4v) is 3.31. The number of amides is 1. The average Bonchev–Trinajstić information content (AvgIpc) is 2.64. The first-order chi connectivity index (χ1) is 12.6. The lowest BCUT2D eigenvalue weighted by molar-refractivity contribution is 0.0922. The van der Waals surface area contributed by atoms with Crippen molar-refractivity contribution in [1.29, 1.82) is 0 Å². The maximum atomic E-state index is 13.7. The molecule has 1 aliphatic rings. The number of nitrogens with zero attached hydrogens (tertiary/aromatic N) is 2. The molecule has 1 heterocycles. The number of nitrogens with one attached hydrogen (secondary N) is 2. The minimum atomic E-state index is -0.208. The molecule has 1 aromatic carbocycles. The van der Waals surface area contributed by atoms with Crippen molar-refractivity contribution in [2.45, 2.75) is 51.5 Å². The molecule has 1 saturated carbocycles. The van der Waals surface area contributed by atoms with Crippen LogP contribution in [-0.4, -0.2) is 28.5 Å². The summed E-state index contributed by atoms with van der Waals surface area (Å²) in [5.41, 5.74) is 1.03. The molecular formula is C20H25FN4O. The Balaban J connectivity index is 1.59. The predicted molar refractivity (Wildman–Crippen MR) is 99.7 cm³/mol. The standard InChI is InChI=1S/C20H25FN4O/c1-14-23-18(20(26)25-16-8-3-2-4-9-16)13-19(24-14)22-12-11-15-7-5-6-10-17(15)21/h5-7,10,13,16H,2-4,8-9,11-12H2,1H3,(H,25,26)(H,22,23,24). The number of benzene rings is 1. The van der Waals surface area contributed by atoms with Gasteiger partial charge in [-0.05, 0) is 37.8 Å². The van der Waals surface area contributed by atoms with Gasteiger partial charge in [0.05, 0.1) is 0 Å². The zero-order valence-electron chi connectivity index (χ0n) is 15.1. The van der Waals surface area contributed by atoms with E-state index >= 15 is 0 Å². The van der Waals surface area contributed by atoms with Crippen molar-refractivity contribution in [2.24, 2.45) is 0 Å². The Kier molecular flexibility index (Phi) is 6.15. The molecule has 0 unspecified atom stereocenters. The Bertz CT molecular complexity index is 759. The van der Waals surface area contributed by atoms with E-state index in [0.29, 0.717) is 35.9 Å². The Morgan fingerprint density at radius 3 is 2.73 bits per heavy atom. The number of halogens is 1. The molecule has 0 saturated heterocycles. The van der Waals surface area contributed by atoms with Crippen LogP contribution in [0.1, 0.15) is 54.0 Å². The van der Waals surface area contributed by atoms with E-state index in [-0.39, 0.29) is 17.8 Å². The van der Waals surface area contributed by atoms with E-state index in [1.54, 1.807) is 25.1 Å². The molecule has 0 radical (unpaired) electrons. The van der Waals surface area contributed by atoms with Gasteiger partial charge in [-0.1, -0.05) is 37.5 Å². The molecule has 0 spiro atoms. The van der Waals surface area contributed by atoms with Gasteiger partial charge >= 0.3 is 0 Å². The number of hydrogen-bond acceptors (Lipinski definition) is 4. The number of carbonyl (C=O) groups is 1. The molecule has 1 aromatic heterocycles. The zero-order valence-corrected chi connectivity index (χ0v) is 15.1. The number of carbonyl (C=O) groups excluding carboxylic acids is 1. The van der Waals surface area contributed by atoms with Crippen molar-refractivity contribution >= 4 is 11.7 Å². The first-order valence-electron chi connectivity index (χ1n) is 9.25. The summed E-state index contributed by atoms with van der Waals surface area (Å²) in [5, 5.41) is 6.23. The number of rotatable bonds is 6. The second kappa shape index (κ2) is 8.74. The van der Waals surface area contributed by atoms with Gasteiger partial charge in [0.1, 0.15) is 23.2 Å². The van der Waals surface area contributed by atoms with Gasteiger partial charge in [-0.2, -0.15) is 0 Å². The Labute approximate surface area is 153 Å².